The van der Waals surface area contributed by atoms with Gasteiger partial charge in [0.25, 0.3) is 11.8 Å². The Balaban J connectivity index is 1.88. The lowest BCUT2D eigenvalue weighted by Gasteiger charge is -2.16. The van der Waals surface area contributed by atoms with Crippen LogP contribution in [-0.4, -0.2) is 25.5 Å². The third-order valence-corrected chi connectivity index (χ3v) is 4.79. The molecule has 0 aliphatic carbocycles. The zero-order chi connectivity index (χ0) is 20.4. The van der Waals surface area contributed by atoms with Crippen LogP contribution in [0.4, 0.5) is 5.69 Å². The molecule has 2 amide bonds. The summed E-state index contributed by atoms with van der Waals surface area (Å²) < 4.78 is 10.8. The van der Waals surface area contributed by atoms with Crippen molar-refractivity contribution in [2.45, 2.75) is 13.8 Å². The number of amides is 2. The van der Waals surface area contributed by atoms with Gasteiger partial charge in [-0.3, -0.25) is 9.59 Å². The maximum Gasteiger partial charge on any atom is 0.277 e. The number of anilines is 1. The number of methoxy groups -OCH3 is 1. The van der Waals surface area contributed by atoms with Crippen molar-refractivity contribution >= 4 is 46.3 Å². The molecule has 5 nitrogen and oxygen atoms in total. The van der Waals surface area contributed by atoms with Gasteiger partial charge in [0.15, 0.2) is 0 Å². The van der Waals surface area contributed by atoms with Crippen molar-refractivity contribution in [1.82, 2.24) is 0 Å². The maximum atomic E-state index is 13.0. The number of carbonyl (C=O) groups is 2. The Morgan fingerprint density at radius 1 is 1.00 bits per heavy atom. The summed E-state index contributed by atoms with van der Waals surface area (Å²) in [4.78, 5) is 26.6. The Hall–Kier alpha value is -2.50. The highest BCUT2D eigenvalue weighted by molar-refractivity contribution is 6.60. The number of nitrogens with zero attached hydrogens (tertiary/aromatic N) is 1. The van der Waals surface area contributed by atoms with Crippen molar-refractivity contribution in [3.05, 3.63) is 58.1 Å². The third kappa shape index (κ3) is 3.86. The van der Waals surface area contributed by atoms with E-state index in [1.165, 1.54) is 13.2 Å². The van der Waals surface area contributed by atoms with Gasteiger partial charge in [-0.2, -0.15) is 0 Å². The summed E-state index contributed by atoms with van der Waals surface area (Å²) in [5.74, 6) is 0.427. The molecule has 146 valence electrons. The summed E-state index contributed by atoms with van der Waals surface area (Å²) in [6.45, 7) is 4.70. The second-order valence-corrected chi connectivity index (χ2v) is 7.47. The van der Waals surface area contributed by atoms with E-state index in [4.69, 9.17) is 32.7 Å². The highest BCUT2D eigenvalue weighted by Gasteiger charge is 2.39. The number of halogens is 2. The van der Waals surface area contributed by atoms with Gasteiger partial charge in [0, 0.05) is 0 Å². The summed E-state index contributed by atoms with van der Waals surface area (Å²) >= 11 is 12.3. The van der Waals surface area contributed by atoms with Gasteiger partial charge in [-0.1, -0.05) is 49.2 Å². The van der Waals surface area contributed by atoms with E-state index in [1.54, 1.807) is 36.4 Å². The van der Waals surface area contributed by atoms with Crippen LogP contribution in [0.25, 0.3) is 5.57 Å². The Morgan fingerprint density at radius 2 is 1.68 bits per heavy atom. The molecule has 0 radical (unpaired) electrons. The first-order chi connectivity index (χ1) is 13.3. The molecule has 1 aliphatic heterocycles. The van der Waals surface area contributed by atoms with Crippen molar-refractivity contribution in [3.8, 4) is 11.5 Å². The van der Waals surface area contributed by atoms with Gasteiger partial charge in [0.2, 0.25) is 0 Å². The highest BCUT2D eigenvalue weighted by atomic mass is 35.5. The summed E-state index contributed by atoms with van der Waals surface area (Å²) in [5.41, 5.74) is 1.02. The van der Waals surface area contributed by atoms with Crippen molar-refractivity contribution in [2.75, 3.05) is 18.6 Å². The van der Waals surface area contributed by atoms with Gasteiger partial charge in [0.1, 0.15) is 16.5 Å². The highest BCUT2D eigenvalue weighted by Crippen LogP contribution is 2.37. The molecule has 0 aromatic heterocycles. The Kier molecular flexibility index (Phi) is 5.96. The van der Waals surface area contributed by atoms with Gasteiger partial charge < -0.3 is 9.47 Å². The summed E-state index contributed by atoms with van der Waals surface area (Å²) in [7, 11) is 1.48. The number of carbonyl (C=O) groups excluding carboxylic acids is 2. The van der Waals surface area contributed by atoms with Gasteiger partial charge in [-0.15, -0.1) is 0 Å². The summed E-state index contributed by atoms with van der Waals surface area (Å²) in [6.07, 6.45) is 0. The molecule has 1 aliphatic rings. The molecular formula is C21H19Cl2NO4. The van der Waals surface area contributed by atoms with Crippen LogP contribution in [0.2, 0.25) is 5.02 Å². The van der Waals surface area contributed by atoms with E-state index in [2.05, 4.69) is 13.8 Å². The van der Waals surface area contributed by atoms with E-state index in [1.807, 2.05) is 0 Å². The lowest BCUT2D eigenvalue weighted by molar-refractivity contribution is -0.119. The SMILES string of the molecule is COc1ccc(N2C(=O)C(Cl)=C(c3ccc(OCC(C)C)cc3)C2=O)cc1Cl. The number of imide groups is 1. The zero-order valence-corrected chi connectivity index (χ0v) is 17.2. The number of hydrogen-bond donors (Lipinski definition) is 0. The summed E-state index contributed by atoms with van der Waals surface area (Å²) in [6, 6.07) is 11.6. The molecule has 7 heteroatoms. The van der Waals surface area contributed by atoms with E-state index in [0.717, 1.165) is 4.90 Å². The van der Waals surface area contributed by atoms with E-state index in [9.17, 15) is 9.59 Å². The Labute approximate surface area is 173 Å². The third-order valence-electron chi connectivity index (χ3n) is 4.15. The summed E-state index contributed by atoms with van der Waals surface area (Å²) in [5, 5.41) is 0.157. The molecule has 2 aromatic carbocycles. The van der Waals surface area contributed by atoms with Gasteiger partial charge >= 0.3 is 0 Å². The van der Waals surface area contributed by atoms with Crippen LogP contribution in [0, 0.1) is 5.92 Å². The minimum atomic E-state index is -0.594. The average Bonchev–Trinajstić information content (AvgIpc) is 2.89. The van der Waals surface area contributed by atoms with Crippen molar-refractivity contribution < 1.29 is 19.1 Å². The van der Waals surface area contributed by atoms with Gasteiger partial charge in [0.05, 0.1) is 30.0 Å². The Bertz CT molecular complexity index is 951. The normalized spacial score (nSPS) is 14.3. The van der Waals surface area contributed by atoms with Crippen LogP contribution in [0.5, 0.6) is 11.5 Å². The van der Waals surface area contributed by atoms with Crippen LogP contribution in [0.3, 0.4) is 0 Å². The molecule has 0 N–H and O–H groups in total. The molecule has 0 fully saturated rings. The maximum absolute atomic E-state index is 13.0. The fourth-order valence-corrected chi connectivity index (χ4v) is 3.29. The van der Waals surface area contributed by atoms with Crippen molar-refractivity contribution in [1.29, 1.82) is 0 Å². The lowest BCUT2D eigenvalue weighted by Crippen LogP contribution is -2.31. The number of benzene rings is 2. The van der Waals surface area contributed by atoms with E-state index < -0.39 is 11.8 Å². The molecule has 0 saturated heterocycles. The largest absolute Gasteiger partial charge is 0.495 e. The predicted octanol–water partition coefficient (Wildman–Crippen LogP) is 4.91. The van der Waals surface area contributed by atoms with E-state index in [-0.39, 0.29) is 15.6 Å². The number of hydrogen-bond acceptors (Lipinski definition) is 4. The van der Waals surface area contributed by atoms with Crippen LogP contribution >= 0.6 is 23.2 Å². The van der Waals surface area contributed by atoms with Crippen molar-refractivity contribution in [3.63, 3.8) is 0 Å². The van der Waals surface area contributed by atoms with Crippen LogP contribution < -0.4 is 14.4 Å². The van der Waals surface area contributed by atoms with Gasteiger partial charge in [-0.25, -0.2) is 4.90 Å². The molecule has 0 unspecified atom stereocenters. The standard InChI is InChI=1S/C21H19Cl2NO4/c1-12(2)11-28-15-7-4-13(5-8-15)18-19(23)21(26)24(20(18)25)14-6-9-17(27-3)16(22)10-14/h4-10,12H,11H2,1-3H3. The Morgan fingerprint density at radius 3 is 2.25 bits per heavy atom. The predicted molar refractivity (Wildman–Crippen MR) is 110 cm³/mol. The second-order valence-electron chi connectivity index (χ2n) is 6.68. The smallest absolute Gasteiger partial charge is 0.277 e. The minimum Gasteiger partial charge on any atom is -0.495 e. The van der Waals surface area contributed by atoms with Crippen LogP contribution in [0.1, 0.15) is 19.4 Å². The minimum absolute atomic E-state index is 0.132. The first kappa shape index (κ1) is 20.2. The average molecular weight is 420 g/mol. The molecule has 0 spiro atoms. The van der Waals surface area contributed by atoms with E-state index in [0.29, 0.717) is 35.3 Å². The number of rotatable bonds is 6. The molecule has 0 bridgehead atoms. The monoisotopic (exact) mass is 419 g/mol. The second kappa shape index (κ2) is 8.25. The fraction of sp³-hybridized carbons (Fsp3) is 0.238. The first-order valence-electron chi connectivity index (χ1n) is 8.68. The van der Waals surface area contributed by atoms with Crippen LogP contribution in [-0.2, 0) is 9.59 Å². The molecule has 2 aromatic rings. The fourth-order valence-electron chi connectivity index (χ4n) is 2.76. The van der Waals surface area contributed by atoms with E-state index >= 15 is 0 Å². The first-order valence-corrected chi connectivity index (χ1v) is 9.44. The quantitative estimate of drug-likeness (QED) is 0.624. The van der Waals surface area contributed by atoms with Gasteiger partial charge in [-0.05, 0) is 41.8 Å². The molecule has 0 atom stereocenters. The molecule has 1 heterocycles. The van der Waals surface area contributed by atoms with Crippen molar-refractivity contribution in [2.24, 2.45) is 5.92 Å². The molecular weight excluding hydrogens is 401 g/mol. The molecule has 3 rings (SSSR count). The molecule has 0 saturated carbocycles. The van der Waals surface area contributed by atoms with Crippen LogP contribution in [0.15, 0.2) is 47.5 Å². The number of ether oxygens (including phenoxy) is 2. The molecule has 28 heavy (non-hydrogen) atoms. The zero-order valence-electron chi connectivity index (χ0n) is 15.7. The lowest BCUT2D eigenvalue weighted by atomic mass is 10.1. The topological polar surface area (TPSA) is 55.8 Å².